The SMILES string of the molecule is CCC(C)c1cc2c(-c3ccc(C(C)(C)C)cc3)ccc(-c3ccc(C(C)(C)C)cc3)c2[cH-]1.CCC(C)c1cc2c(-c3ccc(C(C)(C)C)cc3)ccc(-c3ccc(C(C)(C)C)cc3)c2[cH-]1.[CH3-].[CH3-].[Si]=[Zr]. The van der Waals surface area contributed by atoms with Gasteiger partial charge in [0.2, 0.25) is 0 Å². The van der Waals surface area contributed by atoms with Crippen molar-refractivity contribution >= 4 is 28.4 Å². The van der Waals surface area contributed by atoms with Gasteiger partial charge in [-0.1, -0.05) is 278 Å². The number of hydrogen-bond donors (Lipinski definition) is 0. The Kier molecular flexibility index (Phi) is 19.5. The summed E-state index contributed by atoms with van der Waals surface area (Å²) in [7, 11) is 0. The molecule has 0 aliphatic rings. The Bertz CT molecular complexity index is 2510. The molecule has 8 aromatic rings. The molecule has 0 aliphatic carbocycles. The maximum absolute atomic E-state index is 3.06. The number of rotatable bonds is 8. The fraction of sp³-hybridized carbons (Fsp3) is 0.353. The van der Waals surface area contributed by atoms with Crippen LogP contribution in [0.15, 0.2) is 146 Å². The topological polar surface area (TPSA) is 0 Å². The van der Waals surface area contributed by atoms with Crippen LogP contribution in [0.5, 0.6) is 0 Å². The van der Waals surface area contributed by atoms with Gasteiger partial charge in [0.15, 0.2) is 0 Å². The molecule has 368 valence electrons. The van der Waals surface area contributed by atoms with Crippen LogP contribution in [-0.2, 0) is 45.0 Å². The first-order valence-corrected chi connectivity index (χ1v) is 29.3. The van der Waals surface area contributed by atoms with Gasteiger partial charge in [-0.15, -0.1) is 44.8 Å². The van der Waals surface area contributed by atoms with Gasteiger partial charge < -0.3 is 14.9 Å². The number of benzene rings is 6. The molecule has 2 unspecified atom stereocenters. The van der Waals surface area contributed by atoms with E-state index in [0.29, 0.717) is 11.8 Å². The van der Waals surface area contributed by atoms with Crippen molar-refractivity contribution in [1.29, 1.82) is 0 Å². The average Bonchev–Trinajstić information content (AvgIpc) is 3.97. The second-order valence-corrected chi connectivity index (χ2v) is 23.5. The van der Waals surface area contributed by atoms with Gasteiger partial charge in [0.1, 0.15) is 0 Å². The number of fused-ring (bicyclic) bond motifs is 2. The maximum atomic E-state index is 3.06. The van der Waals surface area contributed by atoms with Gasteiger partial charge in [0, 0.05) is 0 Å². The van der Waals surface area contributed by atoms with Crippen molar-refractivity contribution in [3.05, 3.63) is 194 Å². The Morgan fingerprint density at radius 3 is 0.800 bits per heavy atom. The first-order valence-electron chi connectivity index (χ1n) is 25.1. The van der Waals surface area contributed by atoms with Gasteiger partial charge in [-0.3, -0.25) is 0 Å². The summed E-state index contributed by atoms with van der Waals surface area (Å²) in [5.41, 5.74) is 19.6. The van der Waals surface area contributed by atoms with Crippen molar-refractivity contribution in [3.63, 3.8) is 0 Å². The van der Waals surface area contributed by atoms with Gasteiger partial charge in [0.25, 0.3) is 0 Å². The Morgan fingerprint density at radius 2 is 0.586 bits per heavy atom. The second-order valence-electron chi connectivity index (χ2n) is 23.5. The summed E-state index contributed by atoms with van der Waals surface area (Å²) in [6, 6.07) is 55.7. The molecule has 0 amide bonds. The Balaban J connectivity index is 0.000000286. The molecule has 2 heteroatoms. The predicted molar refractivity (Wildman–Crippen MR) is 312 cm³/mol. The van der Waals surface area contributed by atoms with E-state index in [4.69, 9.17) is 0 Å². The molecule has 8 rings (SSSR count). The van der Waals surface area contributed by atoms with Gasteiger partial charge in [0.05, 0.1) is 0 Å². The van der Waals surface area contributed by atoms with Crippen LogP contribution < -0.4 is 0 Å². The normalized spacial score (nSPS) is 12.7. The van der Waals surface area contributed by atoms with E-state index in [1.165, 1.54) is 123 Å². The Labute approximate surface area is 444 Å². The zero-order valence-electron chi connectivity index (χ0n) is 46.4. The van der Waals surface area contributed by atoms with E-state index in [2.05, 4.69) is 263 Å². The molecule has 0 N–H and O–H groups in total. The van der Waals surface area contributed by atoms with Crippen LogP contribution in [0.3, 0.4) is 0 Å². The first-order chi connectivity index (χ1) is 32.0. The summed E-state index contributed by atoms with van der Waals surface area (Å²) < 4.78 is 0. The summed E-state index contributed by atoms with van der Waals surface area (Å²) in [6.07, 6.45) is 2.31. The summed E-state index contributed by atoms with van der Waals surface area (Å²) in [5.74, 6) is 1.12. The molecule has 0 saturated heterocycles. The molecule has 0 aromatic heterocycles. The van der Waals surface area contributed by atoms with E-state index in [1.54, 1.807) is 0 Å². The van der Waals surface area contributed by atoms with Crippen LogP contribution in [0.4, 0.5) is 0 Å². The Hall–Kier alpha value is -4.36. The van der Waals surface area contributed by atoms with Gasteiger partial charge >= 0.3 is 30.2 Å². The third-order valence-corrected chi connectivity index (χ3v) is 14.4. The quantitative estimate of drug-likeness (QED) is 0.105. The predicted octanol–water partition coefficient (Wildman–Crippen LogP) is 20.5. The minimum atomic E-state index is 0. The molecule has 0 aliphatic heterocycles. The standard InChI is InChI=1S/2C33H39.2CH3.Si.Zr/c2*1-9-22(2)25-20-30-28(23-10-14-26(15-11-23)32(3,4)5)18-19-29(31(30)21-25)24-12-16-27(17-13-24)33(6,7)8;;;;/h2*10-22H,9H2,1-8H3;2*1H3;;/q4*-1;;. The molecule has 70 heavy (non-hydrogen) atoms. The summed E-state index contributed by atoms with van der Waals surface area (Å²) >= 11 is 1.36. The monoisotopic (exact) mass is 1020 g/mol. The molecule has 0 bridgehead atoms. The molecule has 8 aromatic carbocycles. The minimum absolute atomic E-state index is 0. The van der Waals surface area contributed by atoms with Crippen molar-refractivity contribution in [1.82, 2.24) is 0 Å². The fourth-order valence-corrected chi connectivity index (χ4v) is 9.29. The molecule has 0 heterocycles. The molecular weight excluding hydrogens is 936 g/mol. The van der Waals surface area contributed by atoms with Gasteiger partial charge in [-0.25, -0.2) is 0 Å². The average molecular weight is 1020 g/mol. The third-order valence-electron chi connectivity index (χ3n) is 14.4. The van der Waals surface area contributed by atoms with E-state index < -0.39 is 0 Å². The van der Waals surface area contributed by atoms with E-state index in [1.807, 2.05) is 0 Å². The summed E-state index contributed by atoms with van der Waals surface area (Å²) in [5, 5.41) is 5.47. The molecule has 2 radical (unpaired) electrons. The van der Waals surface area contributed by atoms with E-state index in [-0.39, 0.29) is 36.5 Å². The summed E-state index contributed by atoms with van der Waals surface area (Å²) in [4.78, 5) is 0. The third kappa shape index (κ3) is 13.2. The van der Waals surface area contributed by atoms with Crippen LogP contribution >= 0.6 is 0 Å². The van der Waals surface area contributed by atoms with Gasteiger partial charge in [-0.05, 0) is 66.9 Å². The fourth-order valence-electron chi connectivity index (χ4n) is 9.29. The van der Waals surface area contributed by atoms with Crippen LogP contribution in [0.2, 0.25) is 0 Å². The van der Waals surface area contributed by atoms with E-state index in [0.717, 1.165) is 12.8 Å². The molecule has 0 fully saturated rings. The second kappa shape index (κ2) is 23.5. The summed E-state index contributed by atoms with van der Waals surface area (Å²) in [6.45, 7) is 39.6. The van der Waals surface area contributed by atoms with Crippen molar-refractivity contribution in [2.24, 2.45) is 0 Å². The molecule has 2 atom stereocenters. The zero-order chi connectivity index (χ0) is 49.9. The number of hydrogen-bond acceptors (Lipinski definition) is 0. The van der Waals surface area contributed by atoms with Crippen molar-refractivity contribution in [2.75, 3.05) is 0 Å². The van der Waals surface area contributed by atoms with Crippen molar-refractivity contribution in [3.8, 4) is 44.5 Å². The van der Waals surface area contributed by atoms with Crippen LogP contribution in [-0.4, -0.2) is 6.88 Å². The molecule has 0 spiro atoms. The molecular formula is C68H84SiZr-4. The first kappa shape index (κ1) is 58.2. The van der Waals surface area contributed by atoms with E-state index in [9.17, 15) is 0 Å². The van der Waals surface area contributed by atoms with Gasteiger partial charge in [-0.2, -0.15) is 12.1 Å². The van der Waals surface area contributed by atoms with Crippen LogP contribution in [0.1, 0.15) is 169 Å². The zero-order valence-corrected chi connectivity index (χ0v) is 49.9. The molecule has 0 saturated carbocycles. The van der Waals surface area contributed by atoms with Crippen molar-refractivity contribution in [2.45, 2.75) is 157 Å². The van der Waals surface area contributed by atoms with Crippen LogP contribution in [0.25, 0.3) is 66.1 Å². The van der Waals surface area contributed by atoms with Crippen molar-refractivity contribution < 1.29 is 23.3 Å². The molecule has 0 nitrogen and oxygen atoms in total. The Morgan fingerprint density at radius 1 is 0.371 bits per heavy atom. The van der Waals surface area contributed by atoms with Crippen LogP contribution in [0, 0.1) is 14.9 Å². The van der Waals surface area contributed by atoms with E-state index >= 15 is 0 Å².